The number of benzene rings is 1. The van der Waals surface area contributed by atoms with Gasteiger partial charge in [0, 0.05) is 17.1 Å². The van der Waals surface area contributed by atoms with Crippen LogP contribution in [0.15, 0.2) is 23.2 Å². The van der Waals surface area contributed by atoms with Crippen LogP contribution < -0.4 is 0 Å². The van der Waals surface area contributed by atoms with Gasteiger partial charge in [-0.05, 0) is 18.2 Å². The second-order valence-corrected chi connectivity index (χ2v) is 5.78. The summed E-state index contributed by atoms with van der Waals surface area (Å²) in [6.07, 6.45) is 0.0441. The van der Waals surface area contributed by atoms with E-state index in [1.54, 1.807) is 6.07 Å². The zero-order chi connectivity index (χ0) is 14.7. The lowest BCUT2D eigenvalue weighted by molar-refractivity contribution is -0.136. The first kappa shape index (κ1) is 14.7. The maximum atomic E-state index is 13.4. The summed E-state index contributed by atoms with van der Waals surface area (Å²) in [6.45, 7) is 3.97. The molecule has 1 aromatic heterocycles. The number of thioether (sulfide) groups is 1. The number of fused-ring (bicyclic) bond motifs is 1. The van der Waals surface area contributed by atoms with Gasteiger partial charge in [0.1, 0.15) is 16.7 Å². The summed E-state index contributed by atoms with van der Waals surface area (Å²) in [7, 11) is 0. The van der Waals surface area contributed by atoms with Crippen molar-refractivity contribution in [2.24, 2.45) is 0 Å². The molecule has 0 atom stereocenters. The summed E-state index contributed by atoms with van der Waals surface area (Å²) in [5.41, 5.74) is 0.683. The molecule has 0 saturated heterocycles. The fourth-order valence-electron chi connectivity index (χ4n) is 1.69. The van der Waals surface area contributed by atoms with Gasteiger partial charge in [0.25, 0.3) is 0 Å². The molecule has 0 radical (unpaired) electrons. The summed E-state index contributed by atoms with van der Waals surface area (Å²) in [4.78, 5) is 19.4. The lowest BCUT2D eigenvalue weighted by Gasteiger charge is -2.10. The minimum atomic E-state index is -0.855. The molecule has 2 aromatic rings. The molecule has 2 rings (SSSR count). The lowest BCUT2D eigenvalue weighted by Crippen LogP contribution is -2.01. The quantitative estimate of drug-likeness (QED) is 0.676. The predicted octanol–water partition coefficient (Wildman–Crippen LogP) is 3.46. The smallest absolute Gasteiger partial charge is 0.304 e. The van der Waals surface area contributed by atoms with Crippen LogP contribution >= 0.6 is 11.8 Å². The molecule has 4 nitrogen and oxygen atoms in total. The highest BCUT2D eigenvalue weighted by atomic mass is 32.2. The van der Waals surface area contributed by atoms with Gasteiger partial charge in [-0.1, -0.05) is 13.8 Å². The van der Waals surface area contributed by atoms with Crippen molar-refractivity contribution in [3.05, 3.63) is 29.8 Å². The van der Waals surface area contributed by atoms with Crippen molar-refractivity contribution >= 4 is 28.6 Å². The van der Waals surface area contributed by atoms with E-state index < -0.39 is 5.97 Å². The average Bonchev–Trinajstić information content (AvgIpc) is 2.38. The molecule has 1 N–H and O–H groups in total. The SMILES string of the molecule is CC(C)c1nc(SCCC(=O)O)c2cc(F)ccc2n1. The van der Waals surface area contributed by atoms with Gasteiger partial charge < -0.3 is 5.11 Å². The summed E-state index contributed by atoms with van der Waals surface area (Å²) >= 11 is 1.32. The van der Waals surface area contributed by atoms with Crippen LogP contribution in [0.25, 0.3) is 10.9 Å². The van der Waals surface area contributed by atoms with E-state index in [-0.39, 0.29) is 18.2 Å². The molecular weight excluding hydrogens is 279 g/mol. The first-order chi connectivity index (χ1) is 9.47. The molecule has 0 aliphatic heterocycles. The zero-order valence-electron chi connectivity index (χ0n) is 11.3. The van der Waals surface area contributed by atoms with Crippen molar-refractivity contribution in [1.82, 2.24) is 9.97 Å². The largest absolute Gasteiger partial charge is 0.481 e. The molecular formula is C14H15FN2O2S. The van der Waals surface area contributed by atoms with E-state index in [1.807, 2.05) is 13.8 Å². The lowest BCUT2D eigenvalue weighted by atomic mass is 10.2. The maximum Gasteiger partial charge on any atom is 0.304 e. The molecule has 20 heavy (non-hydrogen) atoms. The Morgan fingerprint density at radius 2 is 2.15 bits per heavy atom. The van der Waals surface area contributed by atoms with Gasteiger partial charge in [-0.15, -0.1) is 11.8 Å². The van der Waals surface area contributed by atoms with E-state index in [9.17, 15) is 9.18 Å². The normalized spacial score (nSPS) is 11.2. The number of hydrogen-bond acceptors (Lipinski definition) is 4. The molecule has 106 valence electrons. The van der Waals surface area contributed by atoms with E-state index in [0.717, 1.165) is 0 Å². The van der Waals surface area contributed by atoms with Crippen LogP contribution in [-0.2, 0) is 4.79 Å². The number of hydrogen-bond donors (Lipinski definition) is 1. The van der Waals surface area contributed by atoms with Crippen LogP contribution in [0.1, 0.15) is 32.0 Å². The van der Waals surface area contributed by atoms with Crippen molar-refractivity contribution in [3.63, 3.8) is 0 Å². The monoisotopic (exact) mass is 294 g/mol. The molecule has 1 aromatic carbocycles. The third kappa shape index (κ3) is 3.45. The Morgan fingerprint density at radius 1 is 1.40 bits per heavy atom. The number of carboxylic acid groups (broad SMARTS) is 1. The zero-order valence-corrected chi connectivity index (χ0v) is 12.1. The van der Waals surface area contributed by atoms with Gasteiger partial charge in [0.15, 0.2) is 0 Å². The average molecular weight is 294 g/mol. The Bertz CT molecular complexity index is 646. The molecule has 0 spiro atoms. The van der Waals surface area contributed by atoms with Gasteiger partial charge in [0.05, 0.1) is 11.9 Å². The highest BCUT2D eigenvalue weighted by molar-refractivity contribution is 7.99. The molecule has 0 fully saturated rings. The number of aromatic nitrogens is 2. The fourth-order valence-corrected chi connectivity index (χ4v) is 2.64. The van der Waals surface area contributed by atoms with Gasteiger partial charge >= 0.3 is 5.97 Å². The Balaban J connectivity index is 2.42. The Labute approximate surface area is 120 Å². The topological polar surface area (TPSA) is 63.1 Å². The van der Waals surface area contributed by atoms with E-state index in [0.29, 0.717) is 27.5 Å². The van der Waals surface area contributed by atoms with Gasteiger partial charge in [-0.3, -0.25) is 4.79 Å². The van der Waals surface area contributed by atoms with E-state index in [4.69, 9.17) is 5.11 Å². The number of aliphatic carboxylic acids is 1. The highest BCUT2D eigenvalue weighted by Crippen LogP contribution is 2.28. The van der Waals surface area contributed by atoms with Crippen LogP contribution in [0.4, 0.5) is 4.39 Å². The Hall–Kier alpha value is -1.69. The fraction of sp³-hybridized carbons (Fsp3) is 0.357. The van der Waals surface area contributed by atoms with Crippen molar-refractivity contribution in [2.75, 3.05) is 5.75 Å². The van der Waals surface area contributed by atoms with E-state index >= 15 is 0 Å². The minimum Gasteiger partial charge on any atom is -0.481 e. The van der Waals surface area contributed by atoms with Crippen LogP contribution in [0.2, 0.25) is 0 Å². The number of halogens is 1. The number of rotatable bonds is 5. The molecule has 0 amide bonds. The van der Waals surface area contributed by atoms with Crippen molar-refractivity contribution < 1.29 is 14.3 Å². The molecule has 0 bridgehead atoms. The first-order valence-corrected chi connectivity index (χ1v) is 7.27. The molecule has 0 unspecified atom stereocenters. The minimum absolute atomic E-state index is 0.0441. The molecule has 0 aliphatic rings. The van der Waals surface area contributed by atoms with Crippen LogP contribution in [0, 0.1) is 5.82 Å². The van der Waals surface area contributed by atoms with Gasteiger partial charge in [-0.2, -0.15) is 0 Å². The van der Waals surface area contributed by atoms with E-state index in [2.05, 4.69) is 9.97 Å². The Morgan fingerprint density at radius 3 is 2.80 bits per heavy atom. The maximum absolute atomic E-state index is 13.4. The third-order valence-electron chi connectivity index (χ3n) is 2.71. The molecule has 6 heteroatoms. The van der Waals surface area contributed by atoms with Crippen molar-refractivity contribution in [1.29, 1.82) is 0 Å². The number of carboxylic acids is 1. The van der Waals surface area contributed by atoms with Crippen LogP contribution in [0.5, 0.6) is 0 Å². The predicted molar refractivity (Wildman–Crippen MR) is 76.6 cm³/mol. The van der Waals surface area contributed by atoms with Crippen LogP contribution in [-0.4, -0.2) is 26.8 Å². The molecule has 0 aliphatic carbocycles. The summed E-state index contributed by atoms with van der Waals surface area (Å²) < 4.78 is 13.4. The van der Waals surface area contributed by atoms with Gasteiger partial charge in [-0.25, -0.2) is 14.4 Å². The first-order valence-electron chi connectivity index (χ1n) is 6.29. The third-order valence-corrected chi connectivity index (χ3v) is 3.70. The molecule has 1 heterocycles. The number of carbonyl (C=O) groups is 1. The van der Waals surface area contributed by atoms with E-state index in [1.165, 1.54) is 23.9 Å². The standard InChI is InChI=1S/C14H15FN2O2S/c1-8(2)13-16-11-4-3-9(15)7-10(11)14(17-13)20-6-5-12(18)19/h3-4,7-8H,5-6H2,1-2H3,(H,18,19). The number of nitrogens with zero attached hydrogens (tertiary/aromatic N) is 2. The summed E-state index contributed by atoms with van der Waals surface area (Å²) in [5, 5.41) is 9.95. The second kappa shape index (κ2) is 6.17. The Kier molecular flexibility index (Phi) is 4.54. The van der Waals surface area contributed by atoms with Gasteiger partial charge in [0.2, 0.25) is 0 Å². The second-order valence-electron chi connectivity index (χ2n) is 4.70. The van der Waals surface area contributed by atoms with Crippen molar-refractivity contribution in [2.45, 2.75) is 31.2 Å². The van der Waals surface area contributed by atoms with Crippen LogP contribution in [0.3, 0.4) is 0 Å². The summed E-state index contributed by atoms with van der Waals surface area (Å²) in [5.74, 6) is 0.0324. The van der Waals surface area contributed by atoms with Crippen molar-refractivity contribution in [3.8, 4) is 0 Å². The summed E-state index contributed by atoms with van der Waals surface area (Å²) in [6, 6.07) is 4.38. The molecule has 0 saturated carbocycles. The highest BCUT2D eigenvalue weighted by Gasteiger charge is 2.12.